The van der Waals surface area contributed by atoms with Crippen molar-refractivity contribution in [1.82, 2.24) is 10.3 Å². The molecular weight excluding hydrogens is 274 g/mol. The standard InChI is InChI=1S/C14H21N3O4/c1-14(2,3)21-13(20)15-7-6-12(19)17-11-5-4-10(9-18)8-16-11/h4-5,8,18H,6-7,9H2,1-3H3,(H,15,20)(H,16,17,19). The highest BCUT2D eigenvalue weighted by Gasteiger charge is 2.15. The van der Waals surface area contributed by atoms with Crippen LogP contribution in [0.1, 0.15) is 32.8 Å². The Morgan fingerprint density at radius 3 is 2.57 bits per heavy atom. The molecule has 7 nitrogen and oxygen atoms in total. The highest BCUT2D eigenvalue weighted by molar-refractivity contribution is 5.90. The van der Waals surface area contributed by atoms with Crippen LogP contribution in [0.15, 0.2) is 18.3 Å². The quantitative estimate of drug-likeness (QED) is 0.763. The van der Waals surface area contributed by atoms with Gasteiger partial charge in [-0.1, -0.05) is 6.07 Å². The molecule has 0 radical (unpaired) electrons. The van der Waals surface area contributed by atoms with Gasteiger partial charge in [0.15, 0.2) is 0 Å². The number of alkyl carbamates (subject to hydrolysis) is 1. The van der Waals surface area contributed by atoms with Crippen molar-refractivity contribution in [1.29, 1.82) is 0 Å². The van der Waals surface area contributed by atoms with Crippen molar-refractivity contribution in [2.24, 2.45) is 0 Å². The molecule has 0 unspecified atom stereocenters. The first-order valence-corrected chi connectivity index (χ1v) is 6.62. The molecule has 1 aromatic rings. The van der Waals surface area contributed by atoms with Crippen LogP contribution in [-0.2, 0) is 16.1 Å². The van der Waals surface area contributed by atoms with Crippen molar-refractivity contribution < 1.29 is 19.4 Å². The normalized spacial score (nSPS) is 10.9. The molecule has 1 aromatic heterocycles. The van der Waals surface area contributed by atoms with Crippen LogP contribution in [0.3, 0.4) is 0 Å². The van der Waals surface area contributed by atoms with E-state index in [-0.39, 0.29) is 25.5 Å². The molecule has 0 aliphatic heterocycles. The lowest BCUT2D eigenvalue weighted by molar-refractivity contribution is -0.116. The van der Waals surface area contributed by atoms with E-state index in [2.05, 4.69) is 15.6 Å². The lowest BCUT2D eigenvalue weighted by Gasteiger charge is -2.19. The lowest BCUT2D eigenvalue weighted by Crippen LogP contribution is -2.34. The van der Waals surface area contributed by atoms with Crippen LogP contribution in [0, 0.1) is 0 Å². The summed E-state index contributed by atoms with van der Waals surface area (Å²) in [6.07, 6.45) is 1.04. The van der Waals surface area contributed by atoms with E-state index in [9.17, 15) is 9.59 Å². The number of aliphatic hydroxyl groups excluding tert-OH is 1. The van der Waals surface area contributed by atoms with Crippen LogP contribution in [0.2, 0.25) is 0 Å². The van der Waals surface area contributed by atoms with Gasteiger partial charge in [-0.25, -0.2) is 9.78 Å². The van der Waals surface area contributed by atoms with Gasteiger partial charge in [-0.3, -0.25) is 4.79 Å². The van der Waals surface area contributed by atoms with E-state index in [1.165, 1.54) is 6.20 Å². The fourth-order valence-electron chi connectivity index (χ4n) is 1.39. The summed E-state index contributed by atoms with van der Waals surface area (Å²) in [5, 5.41) is 14.0. The van der Waals surface area contributed by atoms with Crippen LogP contribution in [0.4, 0.5) is 10.6 Å². The number of aliphatic hydroxyl groups is 1. The molecule has 1 rings (SSSR count). The monoisotopic (exact) mass is 295 g/mol. The predicted octanol–water partition coefficient (Wildman–Crippen LogP) is 1.43. The molecule has 0 saturated carbocycles. The summed E-state index contributed by atoms with van der Waals surface area (Å²) in [6, 6.07) is 3.27. The Labute approximate surface area is 123 Å². The smallest absolute Gasteiger partial charge is 0.407 e. The van der Waals surface area contributed by atoms with Gasteiger partial charge in [0.05, 0.1) is 6.61 Å². The third kappa shape index (κ3) is 7.26. The number of aromatic nitrogens is 1. The zero-order chi connectivity index (χ0) is 15.9. The second-order valence-corrected chi connectivity index (χ2v) is 5.44. The first-order chi connectivity index (χ1) is 9.80. The van der Waals surface area contributed by atoms with E-state index in [0.717, 1.165) is 0 Å². The van der Waals surface area contributed by atoms with Gasteiger partial charge >= 0.3 is 6.09 Å². The summed E-state index contributed by atoms with van der Waals surface area (Å²) in [6.45, 7) is 5.37. The predicted molar refractivity (Wildman–Crippen MR) is 77.6 cm³/mol. The number of hydrogen-bond acceptors (Lipinski definition) is 5. The van der Waals surface area contributed by atoms with Crippen LogP contribution < -0.4 is 10.6 Å². The number of anilines is 1. The summed E-state index contributed by atoms with van der Waals surface area (Å²) >= 11 is 0. The molecule has 2 amide bonds. The van der Waals surface area contributed by atoms with E-state index in [1.807, 2.05) is 0 Å². The van der Waals surface area contributed by atoms with Crippen LogP contribution in [-0.4, -0.2) is 34.2 Å². The molecule has 0 atom stereocenters. The highest BCUT2D eigenvalue weighted by atomic mass is 16.6. The fraction of sp³-hybridized carbons (Fsp3) is 0.500. The minimum Gasteiger partial charge on any atom is -0.444 e. The molecule has 0 aliphatic carbocycles. The Kier molecular flexibility index (Phi) is 6.10. The Hall–Kier alpha value is -2.15. The van der Waals surface area contributed by atoms with E-state index < -0.39 is 11.7 Å². The number of nitrogens with zero attached hydrogens (tertiary/aromatic N) is 1. The molecule has 0 spiro atoms. The number of rotatable bonds is 5. The van der Waals surface area contributed by atoms with Crippen molar-refractivity contribution in [3.05, 3.63) is 23.9 Å². The molecule has 7 heteroatoms. The van der Waals surface area contributed by atoms with Gasteiger partial charge < -0.3 is 20.5 Å². The minimum absolute atomic E-state index is 0.0962. The Morgan fingerprint density at radius 2 is 2.05 bits per heavy atom. The highest BCUT2D eigenvalue weighted by Crippen LogP contribution is 2.07. The number of amides is 2. The van der Waals surface area contributed by atoms with Gasteiger partial charge in [0.1, 0.15) is 11.4 Å². The van der Waals surface area contributed by atoms with Crippen molar-refractivity contribution in [3.8, 4) is 0 Å². The molecule has 0 fully saturated rings. The van der Waals surface area contributed by atoms with E-state index in [1.54, 1.807) is 32.9 Å². The van der Waals surface area contributed by atoms with Gasteiger partial charge in [-0.2, -0.15) is 0 Å². The van der Waals surface area contributed by atoms with E-state index in [0.29, 0.717) is 11.4 Å². The third-order valence-electron chi connectivity index (χ3n) is 2.30. The maximum Gasteiger partial charge on any atom is 0.407 e. The third-order valence-corrected chi connectivity index (χ3v) is 2.30. The Bertz CT molecular complexity index is 480. The first-order valence-electron chi connectivity index (χ1n) is 6.62. The van der Waals surface area contributed by atoms with Crippen molar-refractivity contribution in [2.75, 3.05) is 11.9 Å². The van der Waals surface area contributed by atoms with E-state index in [4.69, 9.17) is 9.84 Å². The maximum atomic E-state index is 11.6. The minimum atomic E-state index is -0.565. The Morgan fingerprint density at radius 1 is 1.33 bits per heavy atom. The number of carbonyl (C=O) groups excluding carboxylic acids is 2. The topological polar surface area (TPSA) is 101 Å². The second kappa shape index (κ2) is 7.58. The van der Waals surface area contributed by atoms with Gasteiger partial charge in [-0.15, -0.1) is 0 Å². The molecule has 3 N–H and O–H groups in total. The number of nitrogens with one attached hydrogen (secondary N) is 2. The van der Waals surface area contributed by atoms with Gasteiger partial charge in [0.2, 0.25) is 5.91 Å². The summed E-state index contributed by atoms with van der Waals surface area (Å²) in [5.41, 5.74) is 0.102. The molecule has 21 heavy (non-hydrogen) atoms. The van der Waals surface area contributed by atoms with Crippen LogP contribution in [0.5, 0.6) is 0 Å². The molecule has 1 heterocycles. The van der Waals surface area contributed by atoms with Crippen molar-refractivity contribution >= 4 is 17.8 Å². The van der Waals surface area contributed by atoms with Crippen LogP contribution >= 0.6 is 0 Å². The van der Waals surface area contributed by atoms with Crippen molar-refractivity contribution in [3.63, 3.8) is 0 Å². The Balaban J connectivity index is 2.29. The van der Waals surface area contributed by atoms with Gasteiger partial charge in [-0.05, 0) is 32.4 Å². The maximum absolute atomic E-state index is 11.6. The van der Waals surface area contributed by atoms with Gasteiger partial charge in [0.25, 0.3) is 0 Å². The summed E-state index contributed by atoms with van der Waals surface area (Å²) in [5.74, 6) is 0.129. The summed E-state index contributed by atoms with van der Waals surface area (Å²) in [7, 11) is 0. The molecule has 0 saturated heterocycles. The number of carbonyl (C=O) groups is 2. The number of pyridine rings is 1. The van der Waals surface area contributed by atoms with Crippen molar-refractivity contribution in [2.45, 2.75) is 39.4 Å². The zero-order valence-electron chi connectivity index (χ0n) is 12.5. The average Bonchev–Trinajstić information content (AvgIpc) is 2.37. The van der Waals surface area contributed by atoms with Crippen LogP contribution in [0.25, 0.3) is 0 Å². The number of ether oxygens (including phenoxy) is 1. The fourth-order valence-corrected chi connectivity index (χ4v) is 1.39. The molecule has 0 aliphatic rings. The second-order valence-electron chi connectivity index (χ2n) is 5.44. The zero-order valence-corrected chi connectivity index (χ0v) is 12.5. The lowest BCUT2D eigenvalue weighted by atomic mass is 10.2. The average molecular weight is 295 g/mol. The molecule has 0 aromatic carbocycles. The van der Waals surface area contributed by atoms with E-state index >= 15 is 0 Å². The largest absolute Gasteiger partial charge is 0.444 e. The number of hydrogen-bond donors (Lipinski definition) is 3. The SMILES string of the molecule is CC(C)(C)OC(=O)NCCC(=O)Nc1ccc(CO)cn1. The molecular formula is C14H21N3O4. The first kappa shape index (κ1) is 16.9. The summed E-state index contributed by atoms with van der Waals surface area (Å²) in [4.78, 5) is 27.0. The molecule has 0 bridgehead atoms. The summed E-state index contributed by atoms with van der Waals surface area (Å²) < 4.78 is 5.05. The molecule has 116 valence electrons. The van der Waals surface area contributed by atoms with Gasteiger partial charge in [0, 0.05) is 19.2 Å².